The summed E-state index contributed by atoms with van der Waals surface area (Å²) in [7, 11) is 0. The summed E-state index contributed by atoms with van der Waals surface area (Å²) < 4.78 is 80.3. The number of hydrogen-bond acceptors (Lipinski definition) is 2. The Morgan fingerprint density at radius 3 is 2.43 bits per heavy atom. The Kier molecular flexibility index (Phi) is 5.14. The van der Waals surface area contributed by atoms with Crippen molar-refractivity contribution < 1.29 is 31.1 Å². The van der Waals surface area contributed by atoms with Gasteiger partial charge in [0.05, 0.1) is 11.3 Å². The summed E-state index contributed by atoms with van der Waals surface area (Å²) in [5, 5.41) is 10.8. The highest BCUT2D eigenvalue weighted by molar-refractivity contribution is 6.04. The van der Waals surface area contributed by atoms with Gasteiger partial charge in [0.2, 0.25) is 0 Å². The first-order valence-corrected chi connectivity index (χ1v) is 8.22. The molecule has 1 heterocycles. The van der Waals surface area contributed by atoms with Crippen LogP contribution in [0, 0.1) is 5.41 Å². The number of nitrogens with one attached hydrogen (secondary N) is 2. The number of aryl methyl sites for hydroxylation is 1. The molecule has 0 saturated carbocycles. The largest absolute Gasteiger partial charge is 0.573 e. The summed E-state index contributed by atoms with van der Waals surface area (Å²) in [6.07, 6.45) is -8.46. The molecular weight excluding hydrogens is 388 g/mol. The SMILES string of the molecule is N=C(Nc1ccccc1OC(F)(F)F)N1CCCc2cc(C(F)(F)F)ccc21. The number of para-hydroxylation sites is 2. The fourth-order valence-corrected chi connectivity index (χ4v) is 2.98. The van der Waals surface area contributed by atoms with Crippen LogP contribution in [-0.4, -0.2) is 18.9 Å². The van der Waals surface area contributed by atoms with Crippen molar-refractivity contribution in [3.05, 3.63) is 53.6 Å². The van der Waals surface area contributed by atoms with Gasteiger partial charge >= 0.3 is 12.5 Å². The number of fused-ring (bicyclic) bond motifs is 1. The molecule has 0 saturated heterocycles. The van der Waals surface area contributed by atoms with Gasteiger partial charge in [-0.3, -0.25) is 5.41 Å². The van der Waals surface area contributed by atoms with E-state index in [0.29, 0.717) is 30.6 Å². The number of benzene rings is 2. The molecule has 28 heavy (non-hydrogen) atoms. The number of nitrogens with zero attached hydrogens (tertiary/aromatic N) is 1. The lowest BCUT2D eigenvalue weighted by molar-refractivity contribution is -0.274. The number of guanidine groups is 1. The van der Waals surface area contributed by atoms with E-state index < -0.39 is 23.9 Å². The molecule has 1 aliphatic rings. The summed E-state index contributed by atoms with van der Waals surface area (Å²) in [4.78, 5) is 1.42. The van der Waals surface area contributed by atoms with Crippen LogP contribution in [0.15, 0.2) is 42.5 Å². The molecule has 0 fully saturated rings. The van der Waals surface area contributed by atoms with Gasteiger partial charge in [-0.25, -0.2) is 0 Å². The minimum Gasteiger partial charge on any atom is -0.404 e. The normalized spacial score (nSPS) is 14.4. The topological polar surface area (TPSA) is 48.4 Å². The summed E-state index contributed by atoms with van der Waals surface area (Å²) in [6.45, 7) is 0.340. The average Bonchev–Trinajstić information content (AvgIpc) is 2.60. The first-order chi connectivity index (χ1) is 13.0. The van der Waals surface area contributed by atoms with E-state index in [1.165, 1.54) is 29.2 Å². The van der Waals surface area contributed by atoms with Crippen LogP contribution in [0.2, 0.25) is 0 Å². The number of anilines is 2. The van der Waals surface area contributed by atoms with E-state index in [1.807, 2.05) is 0 Å². The van der Waals surface area contributed by atoms with Crippen LogP contribution in [0.25, 0.3) is 0 Å². The summed E-state index contributed by atoms with van der Waals surface area (Å²) >= 11 is 0. The van der Waals surface area contributed by atoms with Gasteiger partial charge in [0.15, 0.2) is 11.7 Å². The first kappa shape index (κ1) is 19.8. The summed E-state index contributed by atoms with van der Waals surface area (Å²) in [5.41, 5.74) is -0.0289. The molecule has 0 spiro atoms. The second-order valence-corrected chi connectivity index (χ2v) is 6.11. The number of rotatable bonds is 2. The van der Waals surface area contributed by atoms with Crippen LogP contribution >= 0.6 is 0 Å². The van der Waals surface area contributed by atoms with E-state index >= 15 is 0 Å². The van der Waals surface area contributed by atoms with Gasteiger partial charge in [0.1, 0.15) is 0 Å². The first-order valence-electron chi connectivity index (χ1n) is 8.22. The Hall–Kier alpha value is -2.91. The number of halogens is 6. The van der Waals surface area contributed by atoms with E-state index in [0.717, 1.165) is 18.2 Å². The zero-order chi connectivity index (χ0) is 20.5. The molecule has 0 unspecified atom stereocenters. The molecule has 0 aliphatic carbocycles. The monoisotopic (exact) mass is 403 g/mol. The van der Waals surface area contributed by atoms with Crippen molar-refractivity contribution in [3.8, 4) is 5.75 Å². The van der Waals surface area contributed by atoms with E-state index in [-0.39, 0.29) is 11.6 Å². The van der Waals surface area contributed by atoms with E-state index in [2.05, 4.69) is 10.1 Å². The Morgan fingerprint density at radius 2 is 1.75 bits per heavy atom. The molecule has 0 atom stereocenters. The van der Waals surface area contributed by atoms with Crippen molar-refractivity contribution in [2.24, 2.45) is 0 Å². The fourth-order valence-electron chi connectivity index (χ4n) is 2.98. The number of hydrogen-bond donors (Lipinski definition) is 2. The van der Waals surface area contributed by atoms with Gasteiger partial charge in [-0.05, 0) is 48.7 Å². The van der Waals surface area contributed by atoms with E-state index in [4.69, 9.17) is 5.41 Å². The van der Waals surface area contributed by atoms with Crippen LogP contribution < -0.4 is 15.0 Å². The van der Waals surface area contributed by atoms with Gasteiger partial charge in [-0.1, -0.05) is 12.1 Å². The lowest BCUT2D eigenvalue weighted by Crippen LogP contribution is -2.39. The molecular formula is C18H15F6N3O. The van der Waals surface area contributed by atoms with Crippen LogP contribution in [0.3, 0.4) is 0 Å². The third-order valence-corrected chi connectivity index (χ3v) is 4.16. The van der Waals surface area contributed by atoms with Crippen molar-refractivity contribution >= 4 is 17.3 Å². The molecule has 0 radical (unpaired) electrons. The van der Waals surface area contributed by atoms with Crippen molar-refractivity contribution in [1.82, 2.24) is 0 Å². The minimum absolute atomic E-state index is 0.0798. The lowest BCUT2D eigenvalue weighted by Gasteiger charge is -2.32. The van der Waals surface area contributed by atoms with Crippen molar-refractivity contribution in [2.75, 3.05) is 16.8 Å². The maximum absolute atomic E-state index is 12.9. The maximum atomic E-state index is 12.9. The quantitative estimate of drug-likeness (QED) is 0.401. The number of alkyl halides is 6. The molecule has 2 N–H and O–H groups in total. The van der Waals surface area contributed by atoms with E-state index in [1.54, 1.807) is 0 Å². The number of ether oxygens (including phenoxy) is 1. The molecule has 3 rings (SSSR count). The third-order valence-electron chi connectivity index (χ3n) is 4.16. The fraction of sp³-hybridized carbons (Fsp3) is 0.278. The summed E-state index contributed by atoms with van der Waals surface area (Å²) in [5.74, 6) is -0.775. The van der Waals surface area contributed by atoms with Gasteiger partial charge in [-0.2, -0.15) is 13.2 Å². The van der Waals surface area contributed by atoms with Crippen LogP contribution in [0.5, 0.6) is 5.75 Å². The van der Waals surface area contributed by atoms with Crippen molar-refractivity contribution in [3.63, 3.8) is 0 Å². The maximum Gasteiger partial charge on any atom is 0.573 e. The second kappa shape index (κ2) is 7.25. The molecule has 1 aliphatic heterocycles. The zero-order valence-electron chi connectivity index (χ0n) is 14.3. The Balaban J connectivity index is 1.84. The van der Waals surface area contributed by atoms with E-state index in [9.17, 15) is 26.3 Å². The van der Waals surface area contributed by atoms with Crippen LogP contribution in [0.4, 0.5) is 37.7 Å². The highest BCUT2D eigenvalue weighted by Gasteiger charge is 2.33. The second-order valence-electron chi connectivity index (χ2n) is 6.11. The average molecular weight is 403 g/mol. The highest BCUT2D eigenvalue weighted by atomic mass is 19.4. The summed E-state index contributed by atoms with van der Waals surface area (Å²) in [6, 6.07) is 8.46. The van der Waals surface area contributed by atoms with Crippen LogP contribution in [-0.2, 0) is 12.6 Å². The Labute approximate surface area is 156 Å². The van der Waals surface area contributed by atoms with Crippen molar-refractivity contribution in [1.29, 1.82) is 5.41 Å². The molecule has 2 aromatic rings. The molecule has 2 aromatic carbocycles. The van der Waals surface area contributed by atoms with Crippen molar-refractivity contribution in [2.45, 2.75) is 25.4 Å². The molecule has 150 valence electrons. The predicted molar refractivity (Wildman–Crippen MR) is 91.6 cm³/mol. The Bertz CT molecular complexity index is 878. The van der Waals surface area contributed by atoms with Gasteiger partial charge in [-0.15, -0.1) is 13.2 Å². The molecule has 0 bridgehead atoms. The predicted octanol–water partition coefficient (Wildman–Crippen LogP) is 5.40. The third kappa shape index (κ3) is 4.49. The van der Waals surface area contributed by atoms with Crippen LogP contribution in [0.1, 0.15) is 17.5 Å². The molecule has 4 nitrogen and oxygen atoms in total. The lowest BCUT2D eigenvalue weighted by atomic mass is 9.99. The standard InChI is InChI=1S/C18H15F6N3O/c19-17(20,21)12-7-8-14-11(10-12)4-3-9-27(14)16(25)26-13-5-1-2-6-15(13)28-18(22,23)24/h1-2,5-8,10H,3-4,9H2,(H2,25,26). The van der Waals surface area contributed by atoms with Gasteiger partial charge in [0, 0.05) is 12.2 Å². The van der Waals surface area contributed by atoms with Gasteiger partial charge in [0.25, 0.3) is 0 Å². The highest BCUT2D eigenvalue weighted by Crippen LogP contribution is 2.36. The van der Waals surface area contributed by atoms with Gasteiger partial charge < -0.3 is 15.0 Å². The smallest absolute Gasteiger partial charge is 0.404 e. The Morgan fingerprint density at radius 1 is 1.04 bits per heavy atom. The zero-order valence-corrected chi connectivity index (χ0v) is 14.3. The minimum atomic E-state index is -4.90. The molecule has 10 heteroatoms. The molecule has 0 amide bonds. The molecule has 0 aromatic heterocycles.